The summed E-state index contributed by atoms with van der Waals surface area (Å²) in [6, 6.07) is 0.772. The number of carbonyl (C=O) groups is 1. The maximum absolute atomic E-state index is 12.0. The molecule has 31 heavy (non-hydrogen) atoms. The normalized spacial score (nSPS) is 14.5. The Morgan fingerprint density at radius 1 is 0.774 bits per heavy atom. The van der Waals surface area contributed by atoms with Gasteiger partial charge in [0.1, 0.15) is 0 Å². The molecule has 0 aromatic heterocycles. The van der Waals surface area contributed by atoms with E-state index in [-0.39, 0.29) is 5.91 Å². The Morgan fingerprint density at radius 2 is 1.16 bits per heavy atom. The van der Waals surface area contributed by atoms with E-state index in [1.807, 2.05) is 7.05 Å². The molecule has 0 aliphatic heterocycles. The van der Waals surface area contributed by atoms with Crippen LogP contribution in [0.5, 0.6) is 0 Å². The molecular weight excluding hydrogens is 487 g/mol. The Labute approximate surface area is 199 Å². The summed E-state index contributed by atoms with van der Waals surface area (Å²) < 4.78 is 21.4. The Balaban J connectivity index is 6.24. The Bertz CT molecular complexity index is 593. The van der Waals surface area contributed by atoms with Crippen molar-refractivity contribution in [1.82, 2.24) is 4.90 Å². The third-order valence-electron chi connectivity index (χ3n) is 6.42. The summed E-state index contributed by atoms with van der Waals surface area (Å²) in [4.78, 5) is 13.7. The molecule has 5 nitrogen and oxygen atoms in total. The standard InChI is InChI=1S/C20H51NO4Si6/c1-16-20(22)21(2)18-17-19-31(23-26(3,4)5,24-29(12,13)27(6,7)8)25-30(14,15)28(9,10)11/h16H,1,17-19H2,2-15H3. The van der Waals surface area contributed by atoms with Gasteiger partial charge < -0.3 is 17.2 Å². The van der Waals surface area contributed by atoms with Crippen molar-refractivity contribution in [1.29, 1.82) is 0 Å². The fraction of sp³-hybridized carbons (Fsp3) is 0.850. The van der Waals surface area contributed by atoms with Crippen LogP contribution in [0.2, 0.25) is 91.2 Å². The lowest BCUT2D eigenvalue weighted by Crippen LogP contribution is -2.70. The van der Waals surface area contributed by atoms with E-state index in [1.54, 1.807) is 4.90 Å². The first kappa shape index (κ1) is 31.4. The molecule has 0 atom stereocenters. The highest BCUT2D eigenvalue weighted by Crippen LogP contribution is 2.35. The maximum atomic E-state index is 12.0. The van der Waals surface area contributed by atoms with Gasteiger partial charge in [-0.15, -0.1) is 0 Å². The predicted octanol–water partition coefficient (Wildman–Crippen LogP) is 6.09. The molecule has 1 amide bonds. The zero-order chi connectivity index (χ0) is 25.1. The lowest BCUT2D eigenvalue weighted by Gasteiger charge is -2.49. The van der Waals surface area contributed by atoms with Gasteiger partial charge in [0, 0.05) is 19.6 Å². The van der Waals surface area contributed by atoms with Crippen LogP contribution in [0.25, 0.3) is 0 Å². The van der Waals surface area contributed by atoms with Crippen LogP contribution in [-0.4, -0.2) is 72.4 Å². The Hall–Kier alpha value is 0.391. The van der Waals surface area contributed by atoms with Gasteiger partial charge in [-0.3, -0.25) is 4.79 Å². The van der Waals surface area contributed by atoms with Crippen LogP contribution in [0.1, 0.15) is 6.42 Å². The van der Waals surface area contributed by atoms with Gasteiger partial charge in [-0.05, 0) is 58.3 Å². The molecule has 0 aliphatic carbocycles. The van der Waals surface area contributed by atoms with Crippen LogP contribution in [0, 0.1) is 0 Å². The summed E-state index contributed by atoms with van der Waals surface area (Å²) in [7, 11) is -10.1. The van der Waals surface area contributed by atoms with E-state index >= 15 is 0 Å². The average molecular weight is 538 g/mol. The average Bonchev–Trinajstić information content (AvgIpc) is 2.48. The zero-order valence-corrected chi connectivity index (χ0v) is 29.0. The van der Waals surface area contributed by atoms with E-state index in [9.17, 15) is 4.79 Å². The minimum absolute atomic E-state index is 0.0474. The molecule has 0 N–H and O–H groups in total. The SMILES string of the molecule is C=CC(=O)N(C)CCC[Si](O[Si](C)(C)C)(O[Si](C)(C)[Si](C)(C)C)O[Si](C)(C)[Si](C)(C)C. The highest BCUT2D eigenvalue weighted by Gasteiger charge is 2.56. The molecule has 0 radical (unpaired) electrons. The molecular formula is C20H51NO4Si6. The maximum Gasteiger partial charge on any atom is 0.469 e. The molecule has 0 fully saturated rings. The van der Waals surface area contributed by atoms with Crippen molar-refractivity contribution in [3.63, 3.8) is 0 Å². The quantitative estimate of drug-likeness (QED) is 0.211. The molecule has 0 saturated carbocycles. The van der Waals surface area contributed by atoms with Crippen molar-refractivity contribution in [2.24, 2.45) is 0 Å². The highest BCUT2D eigenvalue weighted by atomic mass is 29.3. The van der Waals surface area contributed by atoms with Gasteiger partial charge in [-0.25, -0.2) is 0 Å². The summed E-state index contributed by atoms with van der Waals surface area (Å²) >= 11 is 0. The first-order chi connectivity index (χ1) is 13.5. The minimum Gasteiger partial charge on any atom is -0.419 e. The second-order valence-corrected chi connectivity index (χ2v) is 52.5. The molecule has 0 unspecified atom stereocenters. The number of amides is 1. The number of nitrogens with zero attached hydrogens (tertiary/aromatic N) is 1. The summed E-state index contributed by atoms with van der Waals surface area (Å²) in [5.74, 6) is -0.0474. The molecule has 0 saturated heterocycles. The summed E-state index contributed by atoms with van der Waals surface area (Å²) in [6.45, 7) is 34.8. The molecule has 184 valence electrons. The number of carbonyl (C=O) groups excluding carboxylic acids is 1. The smallest absolute Gasteiger partial charge is 0.419 e. The van der Waals surface area contributed by atoms with Crippen molar-refractivity contribution in [3.8, 4) is 0 Å². The molecule has 0 heterocycles. The second-order valence-electron chi connectivity index (χ2n) is 12.7. The van der Waals surface area contributed by atoms with Crippen LogP contribution in [0.15, 0.2) is 12.7 Å². The molecule has 11 heteroatoms. The van der Waals surface area contributed by atoms with E-state index in [2.05, 4.69) is 91.7 Å². The number of hydrogen-bond donors (Lipinski definition) is 0. The first-order valence-electron chi connectivity index (χ1n) is 11.5. The second kappa shape index (κ2) is 10.8. The largest absolute Gasteiger partial charge is 0.469 e. The fourth-order valence-electron chi connectivity index (χ4n) is 2.56. The van der Waals surface area contributed by atoms with Crippen LogP contribution in [0.4, 0.5) is 0 Å². The predicted molar refractivity (Wildman–Crippen MR) is 151 cm³/mol. The lowest BCUT2D eigenvalue weighted by molar-refractivity contribution is -0.124. The van der Waals surface area contributed by atoms with E-state index in [0.717, 1.165) is 12.5 Å². The third-order valence-corrected chi connectivity index (χ3v) is 48.4. The monoisotopic (exact) mass is 537 g/mol. The van der Waals surface area contributed by atoms with Gasteiger partial charge in [-0.1, -0.05) is 45.9 Å². The van der Waals surface area contributed by atoms with Crippen molar-refractivity contribution in [2.45, 2.75) is 97.6 Å². The van der Waals surface area contributed by atoms with E-state index in [0.29, 0.717) is 6.54 Å². The summed E-state index contributed by atoms with van der Waals surface area (Å²) in [6.07, 6.45) is 2.19. The van der Waals surface area contributed by atoms with E-state index < -0.39 is 48.0 Å². The molecule has 0 aromatic rings. The van der Waals surface area contributed by atoms with Crippen LogP contribution in [-0.2, 0) is 17.1 Å². The van der Waals surface area contributed by atoms with Crippen LogP contribution in [0.3, 0.4) is 0 Å². The topological polar surface area (TPSA) is 48.0 Å². The van der Waals surface area contributed by atoms with Gasteiger partial charge in [0.2, 0.25) is 5.91 Å². The number of hydrogen-bond acceptors (Lipinski definition) is 4. The molecule has 0 aliphatic rings. The number of rotatable bonds is 13. The van der Waals surface area contributed by atoms with E-state index in [1.165, 1.54) is 6.08 Å². The van der Waals surface area contributed by atoms with Crippen molar-refractivity contribution < 1.29 is 17.1 Å². The summed E-state index contributed by atoms with van der Waals surface area (Å²) in [5.41, 5.74) is 0. The van der Waals surface area contributed by atoms with Gasteiger partial charge >= 0.3 is 8.80 Å². The Kier molecular flexibility index (Phi) is 10.9. The molecule has 0 aromatic carbocycles. The van der Waals surface area contributed by atoms with Crippen LogP contribution >= 0.6 is 0 Å². The first-order valence-corrected chi connectivity index (χ1v) is 31.6. The van der Waals surface area contributed by atoms with Gasteiger partial charge in [0.25, 0.3) is 0 Å². The molecule has 0 spiro atoms. The fourth-order valence-corrected chi connectivity index (χ4v) is 26.7. The van der Waals surface area contributed by atoms with Crippen LogP contribution < -0.4 is 0 Å². The lowest BCUT2D eigenvalue weighted by atomic mass is 10.4. The summed E-state index contributed by atoms with van der Waals surface area (Å²) in [5, 5.41) is 0. The third kappa shape index (κ3) is 10.0. The van der Waals surface area contributed by atoms with Crippen molar-refractivity contribution >= 4 is 53.9 Å². The molecule has 0 rings (SSSR count). The highest BCUT2D eigenvalue weighted by molar-refractivity contribution is 7.40. The van der Waals surface area contributed by atoms with Gasteiger partial charge in [0.15, 0.2) is 24.0 Å². The Morgan fingerprint density at radius 3 is 1.45 bits per heavy atom. The van der Waals surface area contributed by atoms with E-state index in [4.69, 9.17) is 12.3 Å². The van der Waals surface area contributed by atoms with Crippen molar-refractivity contribution in [3.05, 3.63) is 12.7 Å². The van der Waals surface area contributed by atoms with Gasteiger partial charge in [0.05, 0.1) is 15.2 Å². The number of likely N-dealkylation sites (N-methyl/N-ethyl adjacent to an activating group) is 1. The molecule has 0 bridgehead atoms. The van der Waals surface area contributed by atoms with Crippen molar-refractivity contribution in [2.75, 3.05) is 13.6 Å². The van der Waals surface area contributed by atoms with Gasteiger partial charge in [-0.2, -0.15) is 0 Å². The minimum atomic E-state index is -2.94. The zero-order valence-electron chi connectivity index (χ0n) is 23.0.